The van der Waals surface area contributed by atoms with E-state index in [0.29, 0.717) is 54.8 Å². The predicted octanol–water partition coefficient (Wildman–Crippen LogP) is 4.56. The van der Waals surface area contributed by atoms with Gasteiger partial charge in [-0.15, -0.1) is 0 Å². The average molecular weight is 455 g/mol. The summed E-state index contributed by atoms with van der Waals surface area (Å²) < 4.78 is 38.2. The highest BCUT2D eigenvalue weighted by Gasteiger charge is 2.31. The van der Waals surface area contributed by atoms with Gasteiger partial charge in [-0.05, 0) is 36.6 Å². The fraction of sp³-hybridized carbons (Fsp3) is 0.524. The van der Waals surface area contributed by atoms with Crippen LogP contribution in [0, 0.1) is 0 Å². The maximum atomic E-state index is 12.9. The van der Waals surface area contributed by atoms with Crippen molar-refractivity contribution < 1.29 is 23.0 Å². The van der Waals surface area contributed by atoms with Crippen LogP contribution in [0.5, 0.6) is 0 Å². The van der Waals surface area contributed by atoms with E-state index in [1.807, 2.05) is 4.68 Å². The van der Waals surface area contributed by atoms with E-state index in [1.54, 1.807) is 23.1 Å². The number of halogens is 3. The van der Waals surface area contributed by atoms with Crippen LogP contribution in [0.25, 0.3) is 0 Å². The predicted molar refractivity (Wildman–Crippen MR) is 112 cm³/mol. The molecule has 1 amide bonds. The minimum absolute atomic E-state index is 0.224. The van der Waals surface area contributed by atoms with Gasteiger partial charge in [-0.25, -0.2) is 13.6 Å². The number of hydrogen-bond donors (Lipinski definition) is 1. The highest BCUT2D eigenvalue weighted by molar-refractivity contribution is 6.31. The number of ether oxygens (including phenoxy) is 2. The Morgan fingerprint density at radius 3 is 2.87 bits per heavy atom. The van der Waals surface area contributed by atoms with Crippen LogP contribution < -0.4 is 5.32 Å². The molecule has 1 aromatic heterocycles. The van der Waals surface area contributed by atoms with E-state index < -0.39 is 12.8 Å². The molecule has 31 heavy (non-hydrogen) atoms. The third kappa shape index (κ3) is 4.77. The van der Waals surface area contributed by atoms with Crippen LogP contribution in [0.2, 0.25) is 5.02 Å². The minimum atomic E-state index is -2.48. The molecule has 1 fully saturated rings. The van der Waals surface area contributed by atoms with Gasteiger partial charge in [-0.2, -0.15) is 5.10 Å². The largest absolute Gasteiger partial charge is 0.453 e. The molecule has 0 saturated carbocycles. The zero-order valence-electron chi connectivity index (χ0n) is 17.2. The Kier molecular flexibility index (Phi) is 6.62. The molecular formula is C21H25ClF2N4O3. The maximum Gasteiger partial charge on any atom is 0.409 e. The summed E-state index contributed by atoms with van der Waals surface area (Å²) in [5, 5.41) is 8.40. The van der Waals surface area contributed by atoms with E-state index in [9.17, 15) is 13.6 Å². The molecule has 168 valence electrons. The number of amides is 1. The number of nitrogens with one attached hydrogen (secondary N) is 1. The minimum Gasteiger partial charge on any atom is -0.453 e. The summed E-state index contributed by atoms with van der Waals surface area (Å²) in [6.45, 7) is 2.29. The van der Waals surface area contributed by atoms with E-state index in [0.717, 1.165) is 24.1 Å². The molecule has 1 N–H and O–H groups in total. The Balaban J connectivity index is 1.67. The van der Waals surface area contributed by atoms with Crippen LogP contribution in [0.4, 0.5) is 25.1 Å². The quantitative estimate of drug-likeness (QED) is 0.717. The first-order valence-electron chi connectivity index (χ1n) is 10.3. The summed E-state index contributed by atoms with van der Waals surface area (Å²) in [5.41, 5.74) is 2.98. The molecule has 1 saturated heterocycles. The third-order valence-electron chi connectivity index (χ3n) is 5.74. The topological polar surface area (TPSA) is 68.6 Å². The monoisotopic (exact) mass is 454 g/mol. The zero-order chi connectivity index (χ0) is 22.0. The van der Waals surface area contributed by atoms with Gasteiger partial charge in [0, 0.05) is 54.6 Å². The number of benzene rings is 1. The van der Waals surface area contributed by atoms with Crippen LogP contribution in [-0.2, 0) is 28.9 Å². The molecule has 2 aliphatic rings. The molecule has 0 atom stereocenters. The second kappa shape index (κ2) is 9.40. The summed E-state index contributed by atoms with van der Waals surface area (Å²) in [6, 6.07) is 5.18. The smallest absolute Gasteiger partial charge is 0.409 e. The van der Waals surface area contributed by atoms with Gasteiger partial charge in [0.15, 0.2) is 5.82 Å². The van der Waals surface area contributed by atoms with E-state index in [1.165, 1.54) is 7.11 Å². The van der Waals surface area contributed by atoms with Crippen molar-refractivity contribution in [3.05, 3.63) is 40.0 Å². The summed E-state index contributed by atoms with van der Waals surface area (Å²) in [4.78, 5) is 13.7. The van der Waals surface area contributed by atoms with Crippen molar-refractivity contribution in [1.29, 1.82) is 0 Å². The molecule has 0 radical (unpaired) electrons. The van der Waals surface area contributed by atoms with Gasteiger partial charge >= 0.3 is 6.09 Å². The maximum absolute atomic E-state index is 12.9. The van der Waals surface area contributed by atoms with Crippen molar-refractivity contribution >= 4 is 29.2 Å². The summed E-state index contributed by atoms with van der Waals surface area (Å²) in [6.07, 6.45) is -0.892. The highest BCUT2D eigenvalue weighted by Crippen LogP contribution is 2.34. The van der Waals surface area contributed by atoms with Crippen LogP contribution in [0.1, 0.15) is 35.7 Å². The Labute approximate surface area is 184 Å². The number of hydrogen-bond acceptors (Lipinski definition) is 5. The highest BCUT2D eigenvalue weighted by atomic mass is 35.5. The van der Waals surface area contributed by atoms with Crippen LogP contribution in [-0.4, -0.2) is 54.1 Å². The lowest BCUT2D eigenvalue weighted by Gasteiger charge is -2.29. The Bertz CT molecular complexity index is 947. The standard InChI is InChI=1S/C21H25ClF2N4O3/c1-30-21(29)27-7-4-18-16(12-27)20(26-28(18)15-5-8-31-9-6-15)25-14-2-3-17(22)13(10-14)11-19(23)24/h2-3,10,15,19H,4-9,11-12H2,1H3,(H,25,26). The van der Waals surface area contributed by atoms with Crippen molar-refractivity contribution in [3.8, 4) is 0 Å². The van der Waals surface area contributed by atoms with Crippen LogP contribution in [0.15, 0.2) is 18.2 Å². The molecule has 4 rings (SSSR count). The van der Waals surface area contributed by atoms with E-state index in [-0.39, 0.29) is 12.1 Å². The van der Waals surface area contributed by atoms with Crippen molar-refractivity contribution in [2.75, 3.05) is 32.2 Å². The molecular weight excluding hydrogens is 430 g/mol. The lowest BCUT2D eigenvalue weighted by Crippen LogP contribution is -2.36. The normalized spacial score (nSPS) is 17.0. The summed E-state index contributed by atoms with van der Waals surface area (Å²) >= 11 is 6.08. The summed E-state index contributed by atoms with van der Waals surface area (Å²) in [5.74, 6) is 0.611. The Morgan fingerprint density at radius 2 is 2.16 bits per heavy atom. The van der Waals surface area contributed by atoms with Gasteiger partial charge in [-0.1, -0.05) is 11.6 Å². The molecule has 0 aliphatic carbocycles. The number of methoxy groups -OCH3 is 1. The zero-order valence-corrected chi connectivity index (χ0v) is 18.0. The molecule has 3 heterocycles. The number of anilines is 2. The van der Waals surface area contributed by atoms with Crippen LogP contribution >= 0.6 is 11.6 Å². The Morgan fingerprint density at radius 1 is 1.39 bits per heavy atom. The fourth-order valence-corrected chi connectivity index (χ4v) is 4.37. The Hall–Kier alpha value is -2.39. The third-order valence-corrected chi connectivity index (χ3v) is 6.11. The summed E-state index contributed by atoms with van der Waals surface area (Å²) in [7, 11) is 1.36. The number of rotatable bonds is 5. The molecule has 0 unspecified atom stereocenters. The number of nitrogens with zero attached hydrogens (tertiary/aromatic N) is 3. The van der Waals surface area contributed by atoms with E-state index in [2.05, 4.69) is 5.32 Å². The fourth-order valence-electron chi connectivity index (χ4n) is 4.17. The molecule has 0 bridgehead atoms. The van der Waals surface area contributed by atoms with Crippen molar-refractivity contribution in [1.82, 2.24) is 14.7 Å². The molecule has 1 aromatic carbocycles. The van der Waals surface area contributed by atoms with Gasteiger partial charge in [-0.3, -0.25) is 4.68 Å². The van der Waals surface area contributed by atoms with Gasteiger partial charge in [0.1, 0.15) is 0 Å². The first-order valence-corrected chi connectivity index (χ1v) is 10.7. The number of aromatic nitrogens is 2. The first-order chi connectivity index (χ1) is 15.0. The van der Waals surface area contributed by atoms with Crippen LogP contribution in [0.3, 0.4) is 0 Å². The average Bonchev–Trinajstić information content (AvgIpc) is 3.13. The van der Waals surface area contributed by atoms with Gasteiger partial charge in [0.2, 0.25) is 6.43 Å². The van der Waals surface area contributed by atoms with Gasteiger partial charge < -0.3 is 19.7 Å². The van der Waals surface area contributed by atoms with Gasteiger partial charge in [0.05, 0.1) is 19.7 Å². The lowest BCUT2D eigenvalue weighted by molar-refractivity contribution is 0.0649. The molecule has 7 nitrogen and oxygen atoms in total. The molecule has 2 aliphatic heterocycles. The van der Waals surface area contributed by atoms with Crippen molar-refractivity contribution in [3.63, 3.8) is 0 Å². The SMILES string of the molecule is COC(=O)N1CCc2c(c(Nc3ccc(Cl)c(CC(F)F)c3)nn2C2CCOCC2)C1. The molecule has 10 heteroatoms. The lowest BCUT2D eigenvalue weighted by atomic mass is 10.0. The molecule has 0 spiro atoms. The number of alkyl halides is 2. The van der Waals surface area contributed by atoms with Crippen molar-refractivity contribution in [2.45, 2.75) is 44.7 Å². The second-order valence-corrected chi connectivity index (χ2v) is 8.14. The number of fused-ring (bicyclic) bond motifs is 1. The van der Waals surface area contributed by atoms with E-state index >= 15 is 0 Å². The van der Waals surface area contributed by atoms with Gasteiger partial charge in [0.25, 0.3) is 0 Å². The number of carbonyl (C=O) groups excluding carboxylic acids is 1. The first kappa shape index (κ1) is 21.8. The van der Waals surface area contributed by atoms with Crippen molar-refractivity contribution in [2.24, 2.45) is 0 Å². The second-order valence-electron chi connectivity index (χ2n) is 7.73. The van der Waals surface area contributed by atoms with E-state index in [4.69, 9.17) is 26.2 Å². The molecule has 2 aromatic rings. The number of carbonyl (C=O) groups is 1.